The first-order chi connectivity index (χ1) is 11.5. The first-order valence-electron chi connectivity index (χ1n) is 7.52. The van der Waals surface area contributed by atoms with Gasteiger partial charge < -0.3 is 15.4 Å². The minimum Gasteiger partial charge on any atom is -0.379 e. The zero-order chi connectivity index (χ0) is 17.5. The molecule has 0 saturated carbocycles. The van der Waals surface area contributed by atoms with Crippen LogP contribution in [-0.4, -0.2) is 56.1 Å². The number of halogens is 3. The Morgan fingerprint density at radius 1 is 1.08 bits per heavy atom. The average Bonchev–Trinajstić information content (AvgIpc) is 2.60. The van der Waals surface area contributed by atoms with Crippen LogP contribution in [-0.2, 0) is 14.3 Å². The highest BCUT2D eigenvalue weighted by Crippen LogP contribution is 2.19. The van der Waals surface area contributed by atoms with E-state index in [0.717, 1.165) is 25.7 Å². The van der Waals surface area contributed by atoms with Crippen LogP contribution in [0.4, 0.5) is 18.9 Å². The summed E-state index contributed by atoms with van der Waals surface area (Å²) in [5.74, 6) is -6.76. The highest BCUT2D eigenvalue weighted by molar-refractivity contribution is 6.39. The van der Waals surface area contributed by atoms with Gasteiger partial charge in [-0.1, -0.05) is 0 Å². The highest BCUT2D eigenvalue weighted by atomic mass is 19.2. The van der Waals surface area contributed by atoms with E-state index in [9.17, 15) is 22.8 Å². The molecule has 1 aromatic carbocycles. The molecule has 6 nitrogen and oxygen atoms in total. The Bertz CT molecular complexity index is 607. The van der Waals surface area contributed by atoms with Crippen LogP contribution in [0.3, 0.4) is 0 Å². The van der Waals surface area contributed by atoms with Gasteiger partial charge in [-0.15, -0.1) is 0 Å². The normalized spacial score (nSPS) is 15.1. The van der Waals surface area contributed by atoms with E-state index in [1.165, 1.54) is 0 Å². The van der Waals surface area contributed by atoms with Gasteiger partial charge in [0.2, 0.25) is 0 Å². The monoisotopic (exact) mass is 345 g/mol. The number of carbonyl (C=O) groups is 2. The smallest absolute Gasteiger partial charge is 0.313 e. The van der Waals surface area contributed by atoms with E-state index in [2.05, 4.69) is 10.2 Å². The van der Waals surface area contributed by atoms with Gasteiger partial charge >= 0.3 is 11.8 Å². The number of anilines is 1. The molecular weight excluding hydrogens is 327 g/mol. The van der Waals surface area contributed by atoms with Crippen molar-refractivity contribution in [3.63, 3.8) is 0 Å². The Balaban J connectivity index is 1.74. The van der Waals surface area contributed by atoms with Crippen molar-refractivity contribution >= 4 is 17.5 Å². The quantitative estimate of drug-likeness (QED) is 0.472. The van der Waals surface area contributed by atoms with E-state index in [4.69, 9.17) is 4.74 Å². The molecule has 0 unspecified atom stereocenters. The van der Waals surface area contributed by atoms with Crippen molar-refractivity contribution in [2.75, 3.05) is 44.7 Å². The third kappa shape index (κ3) is 4.93. The van der Waals surface area contributed by atoms with Gasteiger partial charge in [-0.25, -0.2) is 13.2 Å². The minimum absolute atomic E-state index is 0.268. The summed E-state index contributed by atoms with van der Waals surface area (Å²) in [6.45, 7) is 4.02. The number of rotatable bonds is 5. The molecule has 0 atom stereocenters. The summed E-state index contributed by atoms with van der Waals surface area (Å²) in [6.07, 6.45) is 0.637. The lowest BCUT2D eigenvalue weighted by Gasteiger charge is -2.26. The molecule has 2 rings (SSSR count). The predicted molar refractivity (Wildman–Crippen MR) is 79.8 cm³/mol. The Morgan fingerprint density at radius 2 is 1.79 bits per heavy atom. The van der Waals surface area contributed by atoms with Gasteiger partial charge in [0.25, 0.3) is 0 Å². The molecule has 0 bridgehead atoms. The summed E-state index contributed by atoms with van der Waals surface area (Å²) in [5, 5.41) is 4.30. The molecule has 24 heavy (non-hydrogen) atoms. The maximum atomic E-state index is 13.4. The molecule has 1 aliphatic rings. The Labute approximate surface area is 137 Å². The number of nitrogens with one attached hydrogen (secondary N) is 2. The molecule has 1 saturated heterocycles. The second kappa shape index (κ2) is 8.65. The molecule has 9 heteroatoms. The van der Waals surface area contributed by atoms with E-state index in [0.29, 0.717) is 25.7 Å². The van der Waals surface area contributed by atoms with Crippen LogP contribution in [0.1, 0.15) is 6.42 Å². The van der Waals surface area contributed by atoms with Crippen LogP contribution in [0.2, 0.25) is 0 Å². The molecule has 132 valence electrons. The summed E-state index contributed by atoms with van der Waals surface area (Å²) in [4.78, 5) is 25.4. The molecule has 2 N–H and O–H groups in total. The highest BCUT2D eigenvalue weighted by Gasteiger charge is 2.19. The number of amides is 2. The third-order valence-corrected chi connectivity index (χ3v) is 3.53. The van der Waals surface area contributed by atoms with E-state index < -0.39 is 35.0 Å². The number of ether oxygens (including phenoxy) is 1. The van der Waals surface area contributed by atoms with Crippen LogP contribution < -0.4 is 10.6 Å². The van der Waals surface area contributed by atoms with Crippen LogP contribution in [0.5, 0.6) is 0 Å². The number of hydrogen-bond acceptors (Lipinski definition) is 4. The Morgan fingerprint density at radius 3 is 2.50 bits per heavy atom. The van der Waals surface area contributed by atoms with Gasteiger partial charge in [-0.3, -0.25) is 14.5 Å². The molecule has 0 aromatic heterocycles. The second-order valence-corrected chi connectivity index (χ2v) is 5.24. The fraction of sp³-hybridized carbons (Fsp3) is 0.467. The maximum absolute atomic E-state index is 13.4. The van der Waals surface area contributed by atoms with Crippen molar-refractivity contribution in [1.82, 2.24) is 10.2 Å². The summed E-state index contributed by atoms with van der Waals surface area (Å²) in [6, 6.07) is 1.51. The van der Waals surface area contributed by atoms with Crippen LogP contribution >= 0.6 is 0 Å². The van der Waals surface area contributed by atoms with E-state index in [1.807, 2.05) is 5.32 Å². The molecule has 2 amide bonds. The second-order valence-electron chi connectivity index (χ2n) is 5.24. The molecule has 0 spiro atoms. The fourth-order valence-corrected chi connectivity index (χ4v) is 2.21. The van der Waals surface area contributed by atoms with Crippen molar-refractivity contribution in [3.8, 4) is 0 Å². The summed E-state index contributed by atoms with van der Waals surface area (Å²) >= 11 is 0. The lowest BCUT2D eigenvalue weighted by Crippen LogP contribution is -2.40. The first kappa shape index (κ1) is 18.2. The first-order valence-corrected chi connectivity index (χ1v) is 7.52. The van der Waals surface area contributed by atoms with Crippen LogP contribution in [0, 0.1) is 17.5 Å². The van der Waals surface area contributed by atoms with Crippen molar-refractivity contribution in [1.29, 1.82) is 0 Å². The van der Waals surface area contributed by atoms with Crippen molar-refractivity contribution in [2.24, 2.45) is 0 Å². The van der Waals surface area contributed by atoms with Crippen molar-refractivity contribution in [2.45, 2.75) is 6.42 Å². The zero-order valence-corrected chi connectivity index (χ0v) is 12.9. The minimum atomic E-state index is -1.71. The standard InChI is InChI=1S/C15H18F3N3O3/c16-10-2-3-11(13(18)12(10)17)20-15(23)14(22)19-4-1-5-21-6-8-24-9-7-21/h2-3H,1,4-9H2,(H,19,22)(H,20,23). The number of benzene rings is 1. The van der Waals surface area contributed by atoms with Gasteiger partial charge in [0.15, 0.2) is 17.5 Å². The SMILES string of the molecule is O=C(NCCCN1CCOCC1)C(=O)Nc1ccc(F)c(F)c1F. The number of nitrogens with zero attached hydrogens (tertiary/aromatic N) is 1. The van der Waals surface area contributed by atoms with Gasteiger partial charge in [0, 0.05) is 19.6 Å². The zero-order valence-electron chi connectivity index (χ0n) is 12.9. The van der Waals surface area contributed by atoms with Crippen molar-refractivity contribution < 1.29 is 27.5 Å². The summed E-state index contributed by atoms with van der Waals surface area (Å²) < 4.78 is 44.5. The molecular formula is C15H18F3N3O3. The largest absolute Gasteiger partial charge is 0.379 e. The van der Waals surface area contributed by atoms with Gasteiger partial charge in [-0.2, -0.15) is 0 Å². The van der Waals surface area contributed by atoms with E-state index in [-0.39, 0.29) is 6.54 Å². The van der Waals surface area contributed by atoms with Crippen molar-refractivity contribution in [3.05, 3.63) is 29.6 Å². The van der Waals surface area contributed by atoms with Gasteiger partial charge in [0.1, 0.15) is 0 Å². The van der Waals surface area contributed by atoms with Gasteiger partial charge in [0.05, 0.1) is 18.9 Å². The Hall–Kier alpha value is -2.13. The summed E-state index contributed by atoms with van der Waals surface area (Å²) in [7, 11) is 0. The van der Waals surface area contributed by atoms with E-state index in [1.54, 1.807) is 0 Å². The molecule has 1 heterocycles. The molecule has 0 radical (unpaired) electrons. The molecule has 0 aliphatic carbocycles. The number of hydrogen-bond donors (Lipinski definition) is 2. The topological polar surface area (TPSA) is 70.7 Å². The third-order valence-electron chi connectivity index (χ3n) is 3.53. The number of morpholine rings is 1. The average molecular weight is 345 g/mol. The molecule has 1 aliphatic heterocycles. The predicted octanol–water partition coefficient (Wildman–Crippen LogP) is 0.881. The fourth-order valence-electron chi connectivity index (χ4n) is 2.21. The van der Waals surface area contributed by atoms with Gasteiger partial charge in [-0.05, 0) is 25.1 Å². The number of carbonyl (C=O) groups excluding carboxylic acids is 2. The molecule has 1 fully saturated rings. The maximum Gasteiger partial charge on any atom is 0.313 e. The Kier molecular flexibility index (Phi) is 6.56. The lowest BCUT2D eigenvalue weighted by molar-refractivity contribution is -0.136. The van der Waals surface area contributed by atoms with Crippen LogP contribution in [0.15, 0.2) is 12.1 Å². The molecule has 1 aromatic rings. The lowest BCUT2D eigenvalue weighted by atomic mass is 10.2. The van der Waals surface area contributed by atoms with E-state index >= 15 is 0 Å². The summed E-state index contributed by atoms with van der Waals surface area (Å²) in [5.41, 5.74) is -0.595. The van der Waals surface area contributed by atoms with Crippen LogP contribution in [0.25, 0.3) is 0 Å².